The summed E-state index contributed by atoms with van der Waals surface area (Å²) < 4.78 is 5.28. The first kappa shape index (κ1) is 16.6. The fraction of sp³-hybridized carbons (Fsp3) is 0.529. The Morgan fingerprint density at radius 1 is 1.14 bits per heavy atom. The van der Waals surface area contributed by atoms with Gasteiger partial charge in [0.25, 0.3) is 0 Å². The van der Waals surface area contributed by atoms with Crippen LogP contribution in [0.25, 0.3) is 0 Å². The first-order valence-electron chi connectivity index (χ1n) is 7.81. The molecule has 22 heavy (non-hydrogen) atoms. The van der Waals surface area contributed by atoms with Gasteiger partial charge in [0.1, 0.15) is 0 Å². The van der Waals surface area contributed by atoms with Crippen LogP contribution in [-0.2, 0) is 13.1 Å². The minimum Gasteiger partial charge on any atom is -0.396 e. The average Bonchev–Trinajstić information content (AvgIpc) is 2.97. The summed E-state index contributed by atoms with van der Waals surface area (Å²) >= 11 is 0. The lowest BCUT2D eigenvalue weighted by molar-refractivity contribution is 0.149. The molecule has 0 amide bonds. The number of benzene rings is 1. The van der Waals surface area contributed by atoms with Crippen molar-refractivity contribution in [2.75, 3.05) is 6.61 Å². The zero-order valence-corrected chi connectivity index (χ0v) is 13.6. The normalized spacial score (nSPS) is 13.0. The van der Waals surface area contributed by atoms with Gasteiger partial charge in [-0.3, -0.25) is 4.90 Å². The van der Waals surface area contributed by atoms with E-state index in [1.54, 1.807) is 0 Å². The number of aliphatic hydroxyl groups excluding tert-OH is 1. The highest BCUT2D eigenvalue weighted by Crippen LogP contribution is 2.16. The van der Waals surface area contributed by atoms with Crippen molar-refractivity contribution in [1.82, 2.24) is 15.0 Å². The van der Waals surface area contributed by atoms with E-state index in [1.807, 2.05) is 32.0 Å². The van der Waals surface area contributed by atoms with E-state index >= 15 is 0 Å². The molecule has 0 aliphatic rings. The zero-order chi connectivity index (χ0) is 15.9. The van der Waals surface area contributed by atoms with Crippen molar-refractivity contribution in [1.29, 1.82) is 0 Å². The second kappa shape index (κ2) is 8.06. The standard InChI is InChI=1S/C17H25N3O2/c1-13(2)17-18-16(19-22-17)12-20(14(3)9-10-21)11-15-7-5-4-6-8-15/h4-8,13-14,21H,9-12H2,1-3H3. The van der Waals surface area contributed by atoms with E-state index in [2.05, 4.69) is 34.1 Å². The molecule has 0 aliphatic heterocycles. The molecule has 5 nitrogen and oxygen atoms in total. The minimum absolute atomic E-state index is 0.177. The molecule has 0 fully saturated rings. The van der Waals surface area contributed by atoms with Crippen LogP contribution in [0.1, 0.15) is 50.4 Å². The molecule has 120 valence electrons. The Kier molecular flexibility index (Phi) is 6.10. The third kappa shape index (κ3) is 4.64. The SMILES string of the molecule is CC(C)c1nc(CN(Cc2ccccc2)C(C)CCO)no1. The van der Waals surface area contributed by atoms with Gasteiger partial charge in [-0.25, -0.2) is 0 Å². The lowest BCUT2D eigenvalue weighted by atomic mass is 10.1. The van der Waals surface area contributed by atoms with Crippen LogP contribution in [-0.4, -0.2) is 32.8 Å². The molecular formula is C17H25N3O2. The topological polar surface area (TPSA) is 62.4 Å². The highest BCUT2D eigenvalue weighted by atomic mass is 16.5. The molecular weight excluding hydrogens is 278 g/mol. The van der Waals surface area contributed by atoms with Crippen molar-refractivity contribution in [3.05, 3.63) is 47.6 Å². The maximum absolute atomic E-state index is 9.22. The molecule has 0 saturated carbocycles. The van der Waals surface area contributed by atoms with Gasteiger partial charge < -0.3 is 9.63 Å². The van der Waals surface area contributed by atoms with Crippen molar-refractivity contribution in [2.45, 2.75) is 52.2 Å². The van der Waals surface area contributed by atoms with Crippen LogP contribution in [0.3, 0.4) is 0 Å². The summed E-state index contributed by atoms with van der Waals surface area (Å²) in [6.07, 6.45) is 0.724. The molecule has 2 aromatic rings. The number of hydrogen-bond acceptors (Lipinski definition) is 5. The monoisotopic (exact) mass is 303 g/mol. The van der Waals surface area contributed by atoms with E-state index < -0.39 is 0 Å². The predicted molar refractivity (Wildman–Crippen MR) is 85.2 cm³/mol. The second-order valence-electron chi connectivity index (χ2n) is 5.96. The number of aromatic nitrogens is 2. The second-order valence-corrected chi connectivity index (χ2v) is 5.96. The summed E-state index contributed by atoms with van der Waals surface area (Å²) in [7, 11) is 0. The maximum Gasteiger partial charge on any atom is 0.229 e. The molecule has 0 radical (unpaired) electrons. The van der Waals surface area contributed by atoms with E-state index in [9.17, 15) is 5.11 Å². The Morgan fingerprint density at radius 3 is 2.45 bits per heavy atom. The van der Waals surface area contributed by atoms with Gasteiger partial charge in [0.05, 0.1) is 6.54 Å². The molecule has 0 spiro atoms. The molecule has 1 atom stereocenters. The Bertz CT molecular complexity index is 554. The van der Waals surface area contributed by atoms with Crippen molar-refractivity contribution in [3.63, 3.8) is 0 Å². The van der Waals surface area contributed by atoms with Crippen molar-refractivity contribution < 1.29 is 9.63 Å². The minimum atomic E-state index is 0.177. The van der Waals surface area contributed by atoms with Crippen LogP contribution in [0.5, 0.6) is 0 Å². The summed E-state index contributed by atoms with van der Waals surface area (Å²) in [6, 6.07) is 10.5. The highest BCUT2D eigenvalue weighted by molar-refractivity contribution is 5.14. The molecule has 1 unspecified atom stereocenters. The fourth-order valence-electron chi connectivity index (χ4n) is 2.30. The van der Waals surface area contributed by atoms with E-state index in [1.165, 1.54) is 5.56 Å². The molecule has 1 aromatic carbocycles. The largest absolute Gasteiger partial charge is 0.396 e. The fourth-order valence-corrected chi connectivity index (χ4v) is 2.30. The lowest BCUT2D eigenvalue weighted by Gasteiger charge is -2.27. The molecule has 1 N–H and O–H groups in total. The molecule has 1 aromatic heterocycles. The van der Waals surface area contributed by atoms with Crippen LogP contribution in [0, 0.1) is 0 Å². The van der Waals surface area contributed by atoms with Crippen molar-refractivity contribution in [2.24, 2.45) is 0 Å². The molecule has 5 heteroatoms. The Hall–Kier alpha value is -1.72. The first-order chi connectivity index (χ1) is 10.6. The van der Waals surface area contributed by atoms with E-state index in [-0.39, 0.29) is 18.6 Å². The summed E-state index contributed by atoms with van der Waals surface area (Å²) in [5.74, 6) is 1.60. The molecule has 0 saturated heterocycles. The van der Waals surface area contributed by atoms with Gasteiger partial charge in [-0.1, -0.05) is 49.3 Å². The molecule has 0 aliphatic carbocycles. The highest BCUT2D eigenvalue weighted by Gasteiger charge is 2.18. The molecule has 1 heterocycles. The van der Waals surface area contributed by atoms with Crippen LogP contribution >= 0.6 is 0 Å². The van der Waals surface area contributed by atoms with Crippen molar-refractivity contribution in [3.8, 4) is 0 Å². The van der Waals surface area contributed by atoms with Gasteiger partial charge >= 0.3 is 0 Å². The summed E-state index contributed by atoms with van der Waals surface area (Å²) in [5.41, 5.74) is 1.24. The Balaban J connectivity index is 2.09. The van der Waals surface area contributed by atoms with Crippen molar-refractivity contribution >= 4 is 0 Å². The molecule has 0 bridgehead atoms. The zero-order valence-electron chi connectivity index (χ0n) is 13.6. The number of rotatable bonds is 8. The third-order valence-corrected chi connectivity index (χ3v) is 3.72. The predicted octanol–water partition coefficient (Wildman–Crippen LogP) is 2.97. The number of hydrogen-bond donors (Lipinski definition) is 1. The Labute approximate surface area is 132 Å². The van der Waals surface area contributed by atoms with Gasteiger partial charge in [-0.2, -0.15) is 4.98 Å². The molecule has 2 rings (SSSR count). The Morgan fingerprint density at radius 2 is 1.86 bits per heavy atom. The quantitative estimate of drug-likeness (QED) is 0.812. The third-order valence-electron chi connectivity index (χ3n) is 3.72. The van der Waals surface area contributed by atoms with Crippen LogP contribution in [0.4, 0.5) is 0 Å². The number of nitrogens with zero attached hydrogens (tertiary/aromatic N) is 3. The van der Waals surface area contributed by atoms with Gasteiger partial charge in [0.2, 0.25) is 5.89 Å². The van der Waals surface area contributed by atoms with Crippen LogP contribution in [0.2, 0.25) is 0 Å². The van der Waals surface area contributed by atoms with Crippen LogP contribution < -0.4 is 0 Å². The van der Waals surface area contributed by atoms with Gasteiger partial charge in [0, 0.05) is 25.1 Å². The van der Waals surface area contributed by atoms with Gasteiger partial charge in [-0.15, -0.1) is 0 Å². The first-order valence-corrected chi connectivity index (χ1v) is 7.81. The van der Waals surface area contributed by atoms with E-state index in [0.717, 1.165) is 13.0 Å². The summed E-state index contributed by atoms with van der Waals surface area (Å²) in [4.78, 5) is 6.72. The van der Waals surface area contributed by atoms with Gasteiger partial charge in [0.15, 0.2) is 5.82 Å². The summed E-state index contributed by atoms with van der Waals surface area (Å²) in [6.45, 7) is 7.78. The lowest BCUT2D eigenvalue weighted by Crippen LogP contribution is -2.33. The summed E-state index contributed by atoms with van der Waals surface area (Å²) in [5, 5.41) is 13.3. The number of aliphatic hydroxyl groups is 1. The van der Waals surface area contributed by atoms with Crippen LogP contribution in [0.15, 0.2) is 34.9 Å². The average molecular weight is 303 g/mol. The smallest absolute Gasteiger partial charge is 0.229 e. The van der Waals surface area contributed by atoms with E-state index in [4.69, 9.17) is 4.52 Å². The maximum atomic E-state index is 9.22. The van der Waals surface area contributed by atoms with Gasteiger partial charge in [-0.05, 0) is 18.9 Å². The van der Waals surface area contributed by atoms with E-state index in [0.29, 0.717) is 18.3 Å².